The zero-order valence-electron chi connectivity index (χ0n) is 6.29. The largest absolute Gasteiger partial charge is 0.391 e. The summed E-state index contributed by atoms with van der Waals surface area (Å²) in [7, 11) is 0. The first-order chi connectivity index (χ1) is 4.70. The van der Waals surface area contributed by atoms with Gasteiger partial charge in [-0.1, -0.05) is 0 Å². The van der Waals surface area contributed by atoms with E-state index < -0.39 is 0 Å². The maximum absolute atomic E-state index is 9.10. The number of ether oxygens (including phenoxy) is 1. The fourth-order valence-corrected chi connectivity index (χ4v) is 1.17. The highest BCUT2D eigenvalue weighted by Crippen LogP contribution is 2.14. The molecule has 0 spiro atoms. The summed E-state index contributed by atoms with van der Waals surface area (Å²) < 4.78 is 5.28. The summed E-state index contributed by atoms with van der Waals surface area (Å²) in [5.41, 5.74) is 5.59. The molecule has 10 heavy (non-hydrogen) atoms. The smallest absolute Gasteiger partial charge is 0.0832 e. The minimum atomic E-state index is -0.354. The molecule has 3 nitrogen and oxygen atoms in total. The van der Waals surface area contributed by atoms with Crippen molar-refractivity contribution in [3.8, 4) is 0 Å². The van der Waals surface area contributed by atoms with Gasteiger partial charge in [-0.3, -0.25) is 0 Å². The van der Waals surface area contributed by atoms with E-state index in [4.69, 9.17) is 15.6 Å². The molecule has 3 N–H and O–H groups in total. The third-order valence-corrected chi connectivity index (χ3v) is 1.88. The van der Waals surface area contributed by atoms with Crippen LogP contribution in [-0.2, 0) is 4.74 Å². The number of hydrogen-bond acceptors (Lipinski definition) is 3. The highest BCUT2D eigenvalue weighted by molar-refractivity contribution is 4.74. The number of aliphatic hydroxyl groups is 1. The van der Waals surface area contributed by atoms with Crippen molar-refractivity contribution in [2.75, 3.05) is 6.61 Å². The Balaban J connectivity index is 2.26. The second-order valence-corrected chi connectivity index (χ2v) is 2.95. The van der Waals surface area contributed by atoms with Crippen LogP contribution in [0.2, 0.25) is 0 Å². The van der Waals surface area contributed by atoms with Crippen molar-refractivity contribution < 1.29 is 9.84 Å². The Hall–Kier alpha value is -0.120. The van der Waals surface area contributed by atoms with E-state index in [0.29, 0.717) is 6.61 Å². The number of nitrogens with two attached hydrogens (primary N) is 1. The fourth-order valence-electron chi connectivity index (χ4n) is 1.17. The van der Waals surface area contributed by atoms with E-state index in [1.54, 1.807) is 6.92 Å². The van der Waals surface area contributed by atoms with Crippen molar-refractivity contribution in [1.82, 2.24) is 0 Å². The molecule has 0 aromatic carbocycles. The van der Waals surface area contributed by atoms with Crippen molar-refractivity contribution in [3.05, 3.63) is 0 Å². The quantitative estimate of drug-likeness (QED) is 0.540. The van der Waals surface area contributed by atoms with Gasteiger partial charge in [0.05, 0.1) is 18.8 Å². The molecule has 60 valence electrons. The summed E-state index contributed by atoms with van der Waals surface area (Å²) in [4.78, 5) is 0. The average molecular weight is 145 g/mol. The van der Waals surface area contributed by atoms with Crippen LogP contribution < -0.4 is 5.73 Å². The molecule has 0 aromatic heterocycles. The van der Waals surface area contributed by atoms with E-state index in [1.165, 1.54) is 0 Å². The van der Waals surface area contributed by atoms with Gasteiger partial charge in [0.2, 0.25) is 0 Å². The van der Waals surface area contributed by atoms with Crippen LogP contribution in [0, 0.1) is 0 Å². The normalized spacial score (nSPS) is 37.5. The van der Waals surface area contributed by atoms with Crippen LogP contribution in [0.5, 0.6) is 0 Å². The predicted octanol–water partition coefficient (Wildman–Crippen LogP) is -0.127. The molecular formula is C7H15NO2. The van der Waals surface area contributed by atoms with Gasteiger partial charge < -0.3 is 15.6 Å². The topological polar surface area (TPSA) is 55.5 Å². The summed E-state index contributed by atoms with van der Waals surface area (Å²) in [5.74, 6) is 0. The lowest BCUT2D eigenvalue weighted by Crippen LogP contribution is -2.39. The zero-order valence-corrected chi connectivity index (χ0v) is 6.29. The first kappa shape index (κ1) is 7.98. The number of hydrogen-bond donors (Lipinski definition) is 2. The second kappa shape index (κ2) is 3.32. The molecule has 1 aliphatic rings. The lowest BCUT2D eigenvalue weighted by molar-refractivity contribution is -0.0608. The Morgan fingerprint density at radius 3 is 2.70 bits per heavy atom. The van der Waals surface area contributed by atoms with Crippen LogP contribution in [0.15, 0.2) is 0 Å². The summed E-state index contributed by atoms with van der Waals surface area (Å²) in [6.45, 7) is 2.34. The minimum absolute atomic E-state index is 0.0137. The summed E-state index contributed by atoms with van der Waals surface area (Å²) in [6.07, 6.45) is 1.52. The van der Waals surface area contributed by atoms with Crippen molar-refractivity contribution >= 4 is 0 Å². The van der Waals surface area contributed by atoms with Crippen molar-refractivity contribution in [1.29, 1.82) is 0 Å². The molecule has 0 aliphatic carbocycles. The van der Waals surface area contributed by atoms with Crippen LogP contribution in [-0.4, -0.2) is 30.0 Å². The molecule has 3 atom stereocenters. The molecule has 1 rings (SSSR count). The fraction of sp³-hybridized carbons (Fsp3) is 1.00. The Morgan fingerprint density at radius 2 is 2.30 bits per heavy atom. The molecule has 0 bridgehead atoms. The van der Waals surface area contributed by atoms with E-state index in [9.17, 15) is 0 Å². The minimum Gasteiger partial charge on any atom is -0.391 e. The van der Waals surface area contributed by atoms with Gasteiger partial charge >= 0.3 is 0 Å². The molecule has 0 saturated carbocycles. The van der Waals surface area contributed by atoms with Crippen molar-refractivity contribution in [2.24, 2.45) is 5.73 Å². The van der Waals surface area contributed by atoms with Crippen LogP contribution in [0.25, 0.3) is 0 Å². The summed E-state index contributed by atoms with van der Waals surface area (Å²) in [6, 6.07) is 0.176. The first-order valence-electron chi connectivity index (χ1n) is 3.75. The molecule has 0 amide bonds. The molecule has 1 fully saturated rings. The third kappa shape index (κ3) is 1.94. The van der Waals surface area contributed by atoms with Gasteiger partial charge in [0, 0.05) is 6.04 Å². The highest BCUT2D eigenvalue weighted by Gasteiger charge is 2.22. The van der Waals surface area contributed by atoms with E-state index >= 15 is 0 Å². The van der Waals surface area contributed by atoms with Gasteiger partial charge in [0.15, 0.2) is 0 Å². The van der Waals surface area contributed by atoms with Crippen molar-refractivity contribution in [3.63, 3.8) is 0 Å². The lowest BCUT2D eigenvalue weighted by Gasteiger charge is -2.28. The molecule has 0 aromatic rings. The van der Waals surface area contributed by atoms with E-state index in [0.717, 1.165) is 12.8 Å². The van der Waals surface area contributed by atoms with E-state index in [2.05, 4.69) is 0 Å². The second-order valence-electron chi connectivity index (χ2n) is 2.95. The highest BCUT2D eigenvalue weighted by atomic mass is 16.5. The van der Waals surface area contributed by atoms with Gasteiger partial charge in [0.1, 0.15) is 0 Å². The van der Waals surface area contributed by atoms with Gasteiger partial charge in [-0.15, -0.1) is 0 Å². The summed E-state index contributed by atoms with van der Waals surface area (Å²) in [5, 5.41) is 9.10. The third-order valence-electron chi connectivity index (χ3n) is 1.88. The average Bonchev–Trinajstić information content (AvgIpc) is 1.88. The van der Waals surface area contributed by atoms with E-state index in [-0.39, 0.29) is 18.2 Å². The summed E-state index contributed by atoms with van der Waals surface area (Å²) >= 11 is 0. The molecule has 1 aliphatic heterocycles. The first-order valence-corrected chi connectivity index (χ1v) is 3.75. The van der Waals surface area contributed by atoms with Crippen LogP contribution >= 0.6 is 0 Å². The Kier molecular flexibility index (Phi) is 2.65. The SMILES string of the molecule is CC(O)[C@@H]1CC[C@@H](N)CO1. The molecule has 3 heteroatoms. The van der Waals surface area contributed by atoms with Crippen molar-refractivity contribution in [2.45, 2.75) is 38.0 Å². The van der Waals surface area contributed by atoms with Gasteiger partial charge in [-0.05, 0) is 19.8 Å². The standard InChI is InChI=1S/C7H15NO2/c1-5(9)7-3-2-6(8)4-10-7/h5-7,9H,2-4,8H2,1H3/t5?,6-,7+/m1/s1. The predicted molar refractivity (Wildman–Crippen MR) is 38.6 cm³/mol. The Bertz CT molecular complexity index is 97.8. The molecule has 1 saturated heterocycles. The van der Waals surface area contributed by atoms with Gasteiger partial charge in [-0.25, -0.2) is 0 Å². The molecular weight excluding hydrogens is 130 g/mol. The van der Waals surface area contributed by atoms with Crippen LogP contribution in [0.1, 0.15) is 19.8 Å². The zero-order chi connectivity index (χ0) is 7.56. The molecule has 1 unspecified atom stereocenters. The van der Waals surface area contributed by atoms with Gasteiger partial charge in [0.25, 0.3) is 0 Å². The maximum Gasteiger partial charge on any atom is 0.0832 e. The number of aliphatic hydroxyl groups excluding tert-OH is 1. The van der Waals surface area contributed by atoms with Crippen LogP contribution in [0.4, 0.5) is 0 Å². The van der Waals surface area contributed by atoms with Crippen LogP contribution in [0.3, 0.4) is 0 Å². The Labute approximate surface area is 61.2 Å². The van der Waals surface area contributed by atoms with Gasteiger partial charge in [-0.2, -0.15) is 0 Å². The lowest BCUT2D eigenvalue weighted by atomic mass is 10.0. The van der Waals surface area contributed by atoms with E-state index in [1.807, 2.05) is 0 Å². The molecule has 1 heterocycles. The number of rotatable bonds is 1. The maximum atomic E-state index is 9.10. The molecule has 0 radical (unpaired) electrons. The Morgan fingerprint density at radius 1 is 1.60 bits per heavy atom. The monoisotopic (exact) mass is 145 g/mol.